The van der Waals surface area contributed by atoms with Gasteiger partial charge in [-0.15, -0.1) is 0 Å². The molecule has 3 N–H and O–H groups in total. The fourth-order valence-electron chi connectivity index (χ4n) is 1.94. The maximum Gasteiger partial charge on any atom is 0.117 e. The van der Waals surface area contributed by atoms with Gasteiger partial charge in [0.05, 0.1) is 6.61 Å². The van der Waals surface area contributed by atoms with Crippen LogP contribution in [0.5, 0.6) is 0 Å². The molecule has 4 nitrogen and oxygen atoms in total. The van der Waals surface area contributed by atoms with Crippen LogP contribution in [-0.2, 0) is 4.74 Å². The fraction of sp³-hybridized carbons (Fsp3) is 0.778. The minimum absolute atomic E-state index is 0.690. The molecule has 13 heavy (non-hydrogen) atoms. The van der Waals surface area contributed by atoms with Gasteiger partial charge in [0.2, 0.25) is 0 Å². The van der Waals surface area contributed by atoms with Crippen LogP contribution in [0, 0.1) is 5.92 Å². The molecule has 0 amide bonds. The maximum atomic E-state index is 5.50. The van der Waals surface area contributed by atoms with Crippen LogP contribution in [0.4, 0.5) is 0 Å². The lowest BCUT2D eigenvalue weighted by atomic mass is 10.1. The first-order valence-corrected chi connectivity index (χ1v) is 4.88. The predicted octanol–water partition coefficient (Wildman–Crippen LogP) is -0.314. The van der Waals surface area contributed by atoms with Gasteiger partial charge in [-0.25, -0.2) is 0 Å². The normalized spacial score (nSPS) is 31.2. The first-order chi connectivity index (χ1) is 6.40. The van der Waals surface area contributed by atoms with Gasteiger partial charge in [-0.05, 0) is 6.42 Å². The summed E-state index contributed by atoms with van der Waals surface area (Å²) in [6, 6.07) is 0. The van der Waals surface area contributed by atoms with Gasteiger partial charge < -0.3 is 20.7 Å². The highest BCUT2D eigenvalue weighted by atomic mass is 16.5. The number of rotatable bonds is 2. The number of nitrogens with two attached hydrogens (primary N) is 1. The topological polar surface area (TPSA) is 50.5 Å². The van der Waals surface area contributed by atoms with Crippen molar-refractivity contribution in [3.63, 3.8) is 0 Å². The molecule has 2 aliphatic rings. The molecule has 0 saturated carbocycles. The standard InChI is InChI=1S/C9H17N3O/c10-5-9-11-2-3-12(9)6-8-1-4-13-7-8/h5,8,11H,1-4,6-7,10H2/b9-5+. The zero-order valence-electron chi connectivity index (χ0n) is 7.83. The van der Waals surface area contributed by atoms with E-state index in [9.17, 15) is 0 Å². The van der Waals surface area contributed by atoms with Crippen molar-refractivity contribution in [1.82, 2.24) is 10.2 Å². The van der Waals surface area contributed by atoms with E-state index < -0.39 is 0 Å². The summed E-state index contributed by atoms with van der Waals surface area (Å²) >= 11 is 0. The summed E-state index contributed by atoms with van der Waals surface area (Å²) in [5.74, 6) is 1.77. The monoisotopic (exact) mass is 183 g/mol. The second-order valence-electron chi connectivity index (χ2n) is 3.65. The van der Waals surface area contributed by atoms with Gasteiger partial charge in [-0.1, -0.05) is 0 Å². The molecule has 0 aromatic heterocycles. The summed E-state index contributed by atoms with van der Waals surface area (Å²) in [4.78, 5) is 2.30. The van der Waals surface area contributed by atoms with E-state index in [0.29, 0.717) is 5.92 Å². The van der Waals surface area contributed by atoms with E-state index >= 15 is 0 Å². The van der Waals surface area contributed by atoms with Crippen molar-refractivity contribution < 1.29 is 4.74 Å². The number of nitrogens with zero attached hydrogens (tertiary/aromatic N) is 1. The van der Waals surface area contributed by atoms with E-state index in [-0.39, 0.29) is 0 Å². The van der Waals surface area contributed by atoms with Crippen LogP contribution in [0.15, 0.2) is 12.0 Å². The van der Waals surface area contributed by atoms with Gasteiger partial charge in [-0.2, -0.15) is 0 Å². The van der Waals surface area contributed by atoms with Gasteiger partial charge >= 0.3 is 0 Å². The highest BCUT2D eigenvalue weighted by molar-refractivity contribution is 5.02. The zero-order chi connectivity index (χ0) is 9.10. The lowest BCUT2D eigenvalue weighted by Crippen LogP contribution is -2.27. The van der Waals surface area contributed by atoms with Gasteiger partial charge in [-0.3, -0.25) is 0 Å². The molecule has 1 atom stereocenters. The molecule has 0 aliphatic carbocycles. The average molecular weight is 183 g/mol. The Morgan fingerprint density at radius 3 is 3.31 bits per heavy atom. The van der Waals surface area contributed by atoms with Gasteiger partial charge in [0, 0.05) is 38.4 Å². The third-order valence-electron chi connectivity index (χ3n) is 2.69. The van der Waals surface area contributed by atoms with Gasteiger partial charge in [0.1, 0.15) is 5.82 Å². The summed E-state index contributed by atoms with van der Waals surface area (Å²) in [5, 5.41) is 3.25. The quantitative estimate of drug-likeness (QED) is 0.616. The molecule has 0 aromatic rings. The number of nitrogens with one attached hydrogen (secondary N) is 1. The molecule has 2 fully saturated rings. The van der Waals surface area contributed by atoms with E-state index in [0.717, 1.165) is 38.7 Å². The first-order valence-electron chi connectivity index (χ1n) is 4.88. The van der Waals surface area contributed by atoms with Crippen LogP contribution in [-0.4, -0.2) is 37.7 Å². The molecule has 2 aliphatic heterocycles. The molecule has 0 bridgehead atoms. The number of ether oxygens (including phenoxy) is 1. The van der Waals surface area contributed by atoms with Gasteiger partial charge in [0.25, 0.3) is 0 Å². The number of hydrogen-bond donors (Lipinski definition) is 2. The summed E-state index contributed by atoms with van der Waals surface area (Å²) < 4.78 is 5.34. The molecule has 0 spiro atoms. The van der Waals surface area contributed by atoms with Crippen molar-refractivity contribution in [3.8, 4) is 0 Å². The second-order valence-corrected chi connectivity index (χ2v) is 3.65. The molecule has 0 aromatic carbocycles. The molecule has 1 unspecified atom stereocenters. The van der Waals surface area contributed by atoms with Crippen LogP contribution in [0.1, 0.15) is 6.42 Å². The van der Waals surface area contributed by atoms with Crippen LogP contribution < -0.4 is 11.1 Å². The first kappa shape index (κ1) is 8.69. The Morgan fingerprint density at radius 2 is 2.62 bits per heavy atom. The SMILES string of the molecule is N/C=C1\NCCN1CC1CCOC1. The van der Waals surface area contributed by atoms with Crippen LogP contribution in [0.3, 0.4) is 0 Å². The minimum atomic E-state index is 0.690. The summed E-state index contributed by atoms with van der Waals surface area (Å²) in [6.45, 7) is 4.99. The highest BCUT2D eigenvalue weighted by Crippen LogP contribution is 2.17. The third kappa shape index (κ3) is 1.88. The lowest BCUT2D eigenvalue weighted by molar-refractivity contribution is 0.177. The van der Waals surface area contributed by atoms with E-state index in [1.165, 1.54) is 6.42 Å². The predicted molar refractivity (Wildman–Crippen MR) is 50.8 cm³/mol. The molecule has 2 rings (SSSR count). The van der Waals surface area contributed by atoms with Crippen LogP contribution in [0.2, 0.25) is 0 Å². The van der Waals surface area contributed by atoms with Crippen molar-refractivity contribution in [1.29, 1.82) is 0 Å². The van der Waals surface area contributed by atoms with E-state index in [1.807, 2.05) is 0 Å². The summed E-state index contributed by atoms with van der Waals surface area (Å²) in [7, 11) is 0. The summed E-state index contributed by atoms with van der Waals surface area (Å²) in [6.07, 6.45) is 2.84. The number of hydrogen-bond acceptors (Lipinski definition) is 4. The lowest BCUT2D eigenvalue weighted by Gasteiger charge is -2.21. The highest BCUT2D eigenvalue weighted by Gasteiger charge is 2.22. The molecular weight excluding hydrogens is 166 g/mol. The molecule has 2 saturated heterocycles. The van der Waals surface area contributed by atoms with E-state index in [2.05, 4.69) is 10.2 Å². The maximum absolute atomic E-state index is 5.50. The molecular formula is C9H17N3O. The molecule has 4 heteroatoms. The Labute approximate surface area is 78.7 Å². The van der Waals surface area contributed by atoms with E-state index in [4.69, 9.17) is 10.5 Å². The van der Waals surface area contributed by atoms with Crippen molar-refractivity contribution in [3.05, 3.63) is 12.0 Å². The van der Waals surface area contributed by atoms with Crippen LogP contribution >= 0.6 is 0 Å². The largest absolute Gasteiger partial charge is 0.402 e. The van der Waals surface area contributed by atoms with Gasteiger partial charge in [0.15, 0.2) is 0 Å². The smallest absolute Gasteiger partial charge is 0.117 e. The third-order valence-corrected chi connectivity index (χ3v) is 2.69. The molecule has 2 heterocycles. The van der Waals surface area contributed by atoms with Crippen LogP contribution in [0.25, 0.3) is 0 Å². The molecule has 74 valence electrons. The van der Waals surface area contributed by atoms with Crippen molar-refractivity contribution >= 4 is 0 Å². The van der Waals surface area contributed by atoms with Crippen molar-refractivity contribution in [2.24, 2.45) is 11.7 Å². The second kappa shape index (κ2) is 3.87. The fourth-order valence-corrected chi connectivity index (χ4v) is 1.94. The Kier molecular flexibility index (Phi) is 2.59. The minimum Gasteiger partial charge on any atom is -0.402 e. The zero-order valence-corrected chi connectivity index (χ0v) is 7.83. The Balaban J connectivity index is 1.86. The molecule has 0 radical (unpaired) electrons. The van der Waals surface area contributed by atoms with E-state index in [1.54, 1.807) is 6.20 Å². The van der Waals surface area contributed by atoms with Crippen molar-refractivity contribution in [2.45, 2.75) is 6.42 Å². The Hall–Kier alpha value is -0.900. The summed E-state index contributed by atoms with van der Waals surface area (Å²) in [5.41, 5.74) is 5.50. The Bertz CT molecular complexity index is 199. The van der Waals surface area contributed by atoms with Crippen molar-refractivity contribution in [2.75, 3.05) is 32.8 Å². The Morgan fingerprint density at radius 1 is 1.69 bits per heavy atom. The average Bonchev–Trinajstić information content (AvgIpc) is 2.76.